The summed E-state index contributed by atoms with van der Waals surface area (Å²) in [6.45, 7) is 4.83. The average molecular weight is 451 g/mol. The number of likely N-dealkylation sites (tertiary alicyclic amines) is 1. The molecule has 6 rings (SSSR count). The molecule has 0 aromatic heterocycles. The van der Waals surface area contributed by atoms with Gasteiger partial charge in [-0.2, -0.15) is 0 Å². The van der Waals surface area contributed by atoms with E-state index in [9.17, 15) is 14.0 Å². The highest BCUT2D eigenvalue weighted by Gasteiger charge is 2.60. The van der Waals surface area contributed by atoms with Crippen LogP contribution >= 0.6 is 0 Å². The lowest BCUT2D eigenvalue weighted by Gasteiger charge is -2.59. The number of carbonyl (C=O) groups excluding carboxylic acids is 2. The first-order chi connectivity index (χ1) is 15.8. The number of hydrogen-bond acceptors (Lipinski definition) is 2. The first-order valence-corrected chi connectivity index (χ1v) is 12.9. The number of nitrogens with zero attached hydrogens (tertiary/aromatic N) is 1. The van der Waals surface area contributed by atoms with Gasteiger partial charge in [-0.1, -0.05) is 32.4 Å². The van der Waals surface area contributed by atoms with Gasteiger partial charge in [-0.05, 0) is 92.7 Å². The van der Waals surface area contributed by atoms with Gasteiger partial charge in [0.2, 0.25) is 11.8 Å². The summed E-state index contributed by atoms with van der Waals surface area (Å²) in [5, 5.41) is 2.84. The summed E-state index contributed by atoms with van der Waals surface area (Å²) in [6, 6.07) is 6.17. The number of amides is 2. The van der Waals surface area contributed by atoms with Crippen molar-refractivity contribution in [3.63, 3.8) is 0 Å². The van der Waals surface area contributed by atoms with Gasteiger partial charge in [0.05, 0.1) is 0 Å². The third kappa shape index (κ3) is 3.29. The van der Waals surface area contributed by atoms with Crippen LogP contribution in [0.15, 0.2) is 36.0 Å². The predicted octanol–water partition coefficient (Wildman–Crippen LogP) is 5.90. The number of allylic oxidation sites excluding steroid dienone is 2. The molecular formula is C28H35FN2O2. The number of fused-ring (bicyclic) bond motifs is 5. The van der Waals surface area contributed by atoms with Gasteiger partial charge in [0, 0.05) is 22.8 Å². The zero-order valence-corrected chi connectivity index (χ0v) is 19.8. The van der Waals surface area contributed by atoms with Crippen molar-refractivity contribution in [2.75, 3.05) is 5.32 Å². The Labute approximate surface area is 196 Å². The van der Waals surface area contributed by atoms with Crippen LogP contribution in [0.3, 0.4) is 0 Å². The third-order valence-electron chi connectivity index (χ3n) is 9.95. The van der Waals surface area contributed by atoms with Crippen LogP contribution in [0.5, 0.6) is 0 Å². The Hall–Kier alpha value is -2.17. The molecule has 0 radical (unpaired) electrons. The van der Waals surface area contributed by atoms with Crippen LogP contribution in [-0.4, -0.2) is 22.8 Å². The van der Waals surface area contributed by atoms with E-state index in [2.05, 4.69) is 25.2 Å². The topological polar surface area (TPSA) is 49.4 Å². The van der Waals surface area contributed by atoms with Crippen LogP contribution < -0.4 is 5.32 Å². The number of piperidine rings is 1. The van der Waals surface area contributed by atoms with E-state index in [-0.39, 0.29) is 23.3 Å². The fourth-order valence-corrected chi connectivity index (χ4v) is 8.21. The fourth-order valence-electron chi connectivity index (χ4n) is 8.21. The minimum atomic E-state index is -0.716. The van der Waals surface area contributed by atoms with Crippen molar-refractivity contribution < 1.29 is 14.0 Å². The highest BCUT2D eigenvalue weighted by atomic mass is 19.1. The van der Waals surface area contributed by atoms with E-state index < -0.39 is 11.7 Å². The molecule has 1 unspecified atom stereocenters. The molecule has 1 aromatic rings. The van der Waals surface area contributed by atoms with E-state index in [4.69, 9.17) is 0 Å². The van der Waals surface area contributed by atoms with Crippen LogP contribution in [0.25, 0.3) is 0 Å². The number of benzene rings is 1. The monoisotopic (exact) mass is 450 g/mol. The molecule has 1 heterocycles. The minimum Gasteiger partial charge on any atom is -0.325 e. The highest BCUT2D eigenvalue weighted by Crippen LogP contribution is 2.65. The summed E-state index contributed by atoms with van der Waals surface area (Å²) in [7, 11) is 0. The minimum absolute atomic E-state index is 0.0601. The molecule has 1 aromatic carbocycles. The molecule has 2 amide bonds. The molecule has 4 aliphatic carbocycles. The molecule has 33 heavy (non-hydrogen) atoms. The van der Waals surface area contributed by atoms with Crippen molar-refractivity contribution in [1.29, 1.82) is 0 Å². The first kappa shape index (κ1) is 21.4. The summed E-state index contributed by atoms with van der Waals surface area (Å²) in [5.41, 5.74) is 1.93. The largest absolute Gasteiger partial charge is 0.325 e. The van der Waals surface area contributed by atoms with Gasteiger partial charge in [-0.25, -0.2) is 4.39 Å². The summed E-state index contributed by atoms with van der Waals surface area (Å²) in [4.78, 5) is 29.0. The average Bonchev–Trinajstić information content (AvgIpc) is 3.52. The van der Waals surface area contributed by atoms with Crippen LogP contribution in [-0.2, 0) is 9.59 Å². The number of rotatable bonds is 3. The van der Waals surface area contributed by atoms with Crippen LogP contribution in [0, 0.1) is 40.3 Å². The predicted molar refractivity (Wildman–Crippen MR) is 125 cm³/mol. The first-order valence-electron chi connectivity index (χ1n) is 12.9. The van der Waals surface area contributed by atoms with Crippen molar-refractivity contribution in [2.45, 2.75) is 77.7 Å². The lowest BCUT2D eigenvalue weighted by atomic mass is 9.49. The van der Waals surface area contributed by atoms with Gasteiger partial charge in [0.1, 0.15) is 11.7 Å². The third-order valence-corrected chi connectivity index (χ3v) is 9.95. The van der Waals surface area contributed by atoms with Gasteiger partial charge in [-0.3, -0.25) is 9.59 Å². The van der Waals surface area contributed by atoms with Gasteiger partial charge in [-0.15, -0.1) is 0 Å². The molecular weight excluding hydrogens is 415 g/mol. The lowest BCUT2D eigenvalue weighted by Crippen LogP contribution is -2.58. The molecule has 1 aliphatic heterocycles. The van der Waals surface area contributed by atoms with Crippen molar-refractivity contribution in [1.82, 2.24) is 4.90 Å². The Bertz CT molecular complexity index is 1030. The second-order valence-corrected chi connectivity index (χ2v) is 11.9. The SMILES string of the molecule is C[C@@]12CCC[C@H]1[C@@H]1CC=C3N(C4CC4)C(=O)C(C(=O)Nc4cccc(F)c4)C[C@]3(C)[C@@H]1CC2. The molecule has 5 heteroatoms. The lowest BCUT2D eigenvalue weighted by molar-refractivity contribution is -0.149. The maximum absolute atomic E-state index is 13.7. The van der Waals surface area contributed by atoms with E-state index >= 15 is 0 Å². The van der Waals surface area contributed by atoms with E-state index in [1.165, 1.54) is 49.9 Å². The second kappa shape index (κ2) is 7.41. The molecule has 176 valence electrons. The maximum Gasteiger partial charge on any atom is 0.239 e. The molecule has 3 saturated carbocycles. The van der Waals surface area contributed by atoms with Crippen molar-refractivity contribution in [3.8, 4) is 0 Å². The molecule has 0 spiro atoms. The second-order valence-electron chi connectivity index (χ2n) is 11.9. The van der Waals surface area contributed by atoms with Crippen molar-refractivity contribution in [3.05, 3.63) is 41.9 Å². The van der Waals surface area contributed by atoms with Gasteiger partial charge >= 0.3 is 0 Å². The Morgan fingerprint density at radius 1 is 1.12 bits per heavy atom. The molecule has 1 saturated heterocycles. The standard InChI is InChI=1S/C28H35FN2O2/c1-27-13-4-7-22(27)20-10-11-24-28(2,23(20)12-14-27)16-21(26(33)31(24)19-8-9-19)25(32)30-18-6-3-5-17(29)15-18/h3,5-6,11,15,19-23H,4,7-10,12-14,16H2,1-2H3,(H,30,32)/t20-,21?,22-,23+,27-,28+/m0/s1. The molecule has 1 N–H and O–H groups in total. The Kier molecular flexibility index (Phi) is 4.80. The zero-order valence-electron chi connectivity index (χ0n) is 19.8. The van der Waals surface area contributed by atoms with E-state index in [0.29, 0.717) is 29.4 Å². The van der Waals surface area contributed by atoms with Crippen LogP contribution in [0.1, 0.15) is 71.6 Å². The number of hydrogen-bond donors (Lipinski definition) is 1. The molecule has 0 bridgehead atoms. The van der Waals surface area contributed by atoms with Gasteiger partial charge in [0.25, 0.3) is 0 Å². The zero-order chi connectivity index (χ0) is 23.0. The summed E-state index contributed by atoms with van der Waals surface area (Å²) in [6.07, 6.45) is 12.5. The molecule has 5 aliphatic rings. The Balaban J connectivity index is 1.34. The van der Waals surface area contributed by atoms with E-state index in [1.807, 2.05) is 4.90 Å². The van der Waals surface area contributed by atoms with Gasteiger partial charge in [0.15, 0.2) is 0 Å². The van der Waals surface area contributed by atoms with E-state index in [0.717, 1.165) is 25.2 Å². The Morgan fingerprint density at radius 2 is 1.94 bits per heavy atom. The number of nitrogens with one attached hydrogen (secondary N) is 1. The quantitative estimate of drug-likeness (QED) is 0.583. The fraction of sp³-hybridized carbons (Fsp3) is 0.643. The smallest absolute Gasteiger partial charge is 0.239 e. The number of anilines is 1. The molecule has 4 nitrogen and oxygen atoms in total. The number of halogens is 1. The van der Waals surface area contributed by atoms with Crippen molar-refractivity contribution >= 4 is 17.5 Å². The van der Waals surface area contributed by atoms with E-state index in [1.54, 1.807) is 12.1 Å². The summed E-state index contributed by atoms with van der Waals surface area (Å²) >= 11 is 0. The van der Waals surface area contributed by atoms with Crippen LogP contribution in [0.4, 0.5) is 10.1 Å². The number of carbonyl (C=O) groups is 2. The molecule has 4 fully saturated rings. The summed E-state index contributed by atoms with van der Waals surface area (Å²) < 4.78 is 13.7. The maximum atomic E-state index is 13.7. The van der Waals surface area contributed by atoms with Crippen molar-refractivity contribution in [2.24, 2.45) is 34.5 Å². The van der Waals surface area contributed by atoms with Gasteiger partial charge < -0.3 is 10.2 Å². The van der Waals surface area contributed by atoms with Crippen LogP contribution in [0.2, 0.25) is 0 Å². The summed E-state index contributed by atoms with van der Waals surface area (Å²) in [5.74, 6) is 0.476. The normalized spacial score (nSPS) is 39.9. The molecule has 6 atom stereocenters. The highest BCUT2D eigenvalue weighted by molar-refractivity contribution is 6.07. The Morgan fingerprint density at radius 3 is 2.70 bits per heavy atom.